The molecule has 86 valence electrons. The molecule has 0 saturated carbocycles. The molecule has 0 aliphatic rings. The second-order valence-corrected chi connectivity index (χ2v) is 4.84. The highest BCUT2D eigenvalue weighted by Gasteiger charge is 1.96. The summed E-state index contributed by atoms with van der Waals surface area (Å²) in [6.45, 7) is 3.98. The Labute approximate surface area is 106 Å². The van der Waals surface area contributed by atoms with Gasteiger partial charge in [-0.1, -0.05) is 0 Å². The summed E-state index contributed by atoms with van der Waals surface area (Å²) < 4.78 is 0. The third-order valence-corrected chi connectivity index (χ3v) is 3.17. The number of aryl methyl sites for hydroxylation is 1. The molecular weight excluding hydrogens is 240 g/mol. The van der Waals surface area contributed by atoms with E-state index in [1.807, 2.05) is 35.9 Å². The summed E-state index contributed by atoms with van der Waals surface area (Å²) in [5.74, 6) is 0. The van der Waals surface area contributed by atoms with Crippen molar-refractivity contribution in [3.05, 3.63) is 52.0 Å². The molecule has 0 spiro atoms. The van der Waals surface area contributed by atoms with Crippen molar-refractivity contribution in [2.75, 3.05) is 0 Å². The van der Waals surface area contributed by atoms with Crippen molar-refractivity contribution in [2.45, 2.75) is 20.0 Å². The maximum absolute atomic E-state index is 3.99. The Bertz CT molecular complexity index is 414. The van der Waals surface area contributed by atoms with Crippen LogP contribution in [0.4, 0.5) is 0 Å². The molecule has 0 aromatic carbocycles. The first-order valence-electron chi connectivity index (χ1n) is 4.99. The minimum atomic E-state index is 0. The van der Waals surface area contributed by atoms with Crippen LogP contribution in [0.25, 0.3) is 0 Å². The smallest absolute Gasteiger partial charge is 0.0303 e. The Kier molecular flexibility index (Phi) is 5.46. The second-order valence-electron chi connectivity index (χ2n) is 3.47. The number of hydrogen-bond acceptors (Lipinski definition) is 3. The van der Waals surface area contributed by atoms with Gasteiger partial charge in [-0.25, -0.2) is 0 Å². The summed E-state index contributed by atoms with van der Waals surface area (Å²) >= 11 is 1.85. The third-order valence-electron chi connectivity index (χ3n) is 2.17. The van der Waals surface area contributed by atoms with Crippen LogP contribution in [-0.2, 0) is 13.1 Å². The number of hydrogen-bond donors (Lipinski definition) is 1. The van der Waals surface area contributed by atoms with Gasteiger partial charge in [0.05, 0.1) is 0 Å². The minimum Gasteiger partial charge on any atom is -0.308 e. The number of thiophene rings is 1. The van der Waals surface area contributed by atoms with E-state index >= 15 is 0 Å². The normalized spacial score (nSPS) is 9.81. The molecule has 16 heavy (non-hydrogen) atoms. The highest BCUT2D eigenvalue weighted by molar-refractivity contribution is 7.11. The fourth-order valence-electron chi connectivity index (χ4n) is 1.41. The standard InChI is InChI=1S/C12H14N2S.ClH/c1-10-2-3-12(15-10)9-14-8-11-4-6-13-7-5-11;/h2-7,14H,8-9H2,1H3;1H. The molecule has 0 amide bonds. The van der Waals surface area contributed by atoms with E-state index in [0.717, 1.165) is 13.1 Å². The van der Waals surface area contributed by atoms with Gasteiger partial charge in [0.2, 0.25) is 0 Å². The Balaban J connectivity index is 0.00000128. The highest BCUT2D eigenvalue weighted by Crippen LogP contribution is 2.14. The largest absolute Gasteiger partial charge is 0.308 e. The first kappa shape index (κ1) is 13.2. The van der Waals surface area contributed by atoms with Crippen LogP contribution in [0, 0.1) is 6.92 Å². The number of aromatic nitrogens is 1. The van der Waals surface area contributed by atoms with Gasteiger partial charge in [0.15, 0.2) is 0 Å². The van der Waals surface area contributed by atoms with Crippen molar-refractivity contribution in [2.24, 2.45) is 0 Å². The van der Waals surface area contributed by atoms with Crippen molar-refractivity contribution >= 4 is 23.7 Å². The predicted molar refractivity (Wildman–Crippen MR) is 71.1 cm³/mol. The van der Waals surface area contributed by atoms with E-state index in [9.17, 15) is 0 Å². The molecule has 0 atom stereocenters. The SMILES string of the molecule is Cc1ccc(CNCc2ccncc2)s1.Cl. The number of pyridine rings is 1. The molecule has 4 heteroatoms. The van der Waals surface area contributed by atoms with Gasteiger partial charge in [0.25, 0.3) is 0 Å². The first-order valence-corrected chi connectivity index (χ1v) is 5.81. The van der Waals surface area contributed by atoms with E-state index in [4.69, 9.17) is 0 Å². The van der Waals surface area contributed by atoms with Crippen molar-refractivity contribution in [3.63, 3.8) is 0 Å². The molecule has 2 nitrogen and oxygen atoms in total. The van der Waals surface area contributed by atoms with Crippen LogP contribution in [0.2, 0.25) is 0 Å². The lowest BCUT2D eigenvalue weighted by Gasteiger charge is -2.02. The molecule has 1 N–H and O–H groups in total. The summed E-state index contributed by atoms with van der Waals surface area (Å²) in [4.78, 5) is 6.75. The molecule has 2 heterocycles. The lowest BCUT2D eigenvalue weighted by Crippen LogP contribution is -2.11. The van der Waals surface area contributed by atoms with Gasteiger partial charge in [-0.3, -0.25) is 4.98 Å². The molecule has 0 unspecified atom stereocenters. The van der Waals surface area contributed by atoms with E-state index < -0.39 is 0 Å². The third kappa shape index (κ3) is 3.93. The quantitative estimate of drug-likeness (QED) is 0.907. The van der Waals surface area contributed by atoms with E-state index in [0.29, 0.717) is 0 Å². The molecule has 0 fully saturated rings. The highest BCUT2D eigenvalue weighted by atomic mass is 35.5. The lowest BCUT2D eigenvalue weighted by molar-refractivity contribution is 0.700. The molecule has 0 aliphatic heterocycles. The summed E-state index contributed by atoms with van der Waals surface area (Å²) in [6, 6.07) is 8.41. The van der Waals surface area contributed by atoms with Crippen molar-refractivity contribution < 1.29 is 0 Å². The van der Waals surface area contributed by atoms with Crippen LogP contribution in [0.15, 0.2) is 36.7 Å². The Hall–Kier alpha value is -0.900. The van der Waals surface area contributed by atoms with E-state index in [1.165, 1.54) is 15.3 Å². The number of halogens is 1. The Morgan fingerprint density at radius 1 is 1.12 bits per heavy atom. The van der Waals surface area contributed by atoms with Gasteiger partial charge in [-0.2, -0.15) is 0 Å². The van der Waals surface area contributed by atoms with Gasteiger partial charge >= 0.3 is 0 Å². The number of rotatable bonds is 4. The zero-order chi connectivity index (χ0) is 10.5. The molecule has 2 aromatic heterocycles. The van der Waals surface area contributed by atoms with Gasteiger partial charge in [-0.15, -0.1) is 23.7 Å². The van der Waals surface area contributed by atoms with Crippen molar-refractivity contribution in [1.82, 2.24) is 10.3 Å². The predicted octanol–water partition coefficient (Wildman–Crippen LogP) is 3.16. The molecular formula is C12H15ClN2S. The average Bonchev–Trinajstić information content (AvgIpc) is 2.66. The van der Waals surface area contributed by atoms with Gasteiger partial charge in [-0.05, 0) is 36.8 Å². The van der Waals surface area contributed by atoms with Gasteiger partial charge in [0, 0.05) is 35.2 Å². The summed E-state index contributed by atoms with van der Waals surface area (Å²) in [5, 5.41) is 3.41. The number of nitrogens with one attached hydrogen (secondary N) is 1. The molecule has 2 rings (SSSR count). The van der Waals surface area contributed by atoms with E-state index in [2.05, 4.69) is 29.4 Å². The average molecular weight is 255 g/mol. The van der Waals surface area contributed by atoms with Crippen LogP contribution in [0.1, 0.15) is 15.3 Å². The maximum Gasteiger partial charge on any atom is 0.0303 e. The van der Waals surface area contributed by atoms with Crippen LogP contribution in [0.5, 0.6) is 0 Å². The zero-order valence-corrected chi connectivity index (χ0v) is 10.8. The lowest BCUT2D eigenvalue weighted by atomic mass is 10.3. The molecule has 2 aromatic rings. The summed E-state index contributed by atoms with van der Waals surface area (Å²) in [7, 11) is 0. The maximum atomic E-state index is 3.99. The van der Waals surface area contributed by atoms with E-state index in [-0.39, 0.29) is 12.4 Å². The first-order chi connectivity index (χ1) is 7.34. The Morgan fingerprint density at radius 3 is 2.50 bits per heavy atom. The molecule has 0 saturated heterocycles. The topological polar surface area (TPSA) is 24.9 Å². The van der Waals surface area contributed by atoms with Gasteiger partial charge in [0.1, 0.15) is 0 Å². The number of nitrogens with zero attached hydrogens (tertiary/aromatic N) is 1. The summed E-state index contributed by atoms with van der Waals surface area (Å²) in [6.07, 6.45) is 3.65. The zero-order valence-electron chi connectivity index (χ0n) is 9.14. The van der Waals surface area contributed by atoms with Gasteiger partial charge < -0.3 is 5.32 Å². The fraction of sp³-hybridized carbons (Fsp3) is 0.250. The van der Waals surface area contributed by atoms with E-state index in [1.54, 1.807) is 0 Å². The summed E-state index contributed by atoms with van der Waals surface area (Å²) in [5.41, 5.74) is 1.28. The molecule has 0 aliphatic carbocycles. The van der Waals surface area contributed by atoms with Crippen LogP contribution in [0.3, 0.4) is 0 Å². The van der Waals surface area contributed by atoms with Crippen molar-refractivity contribution in [3.8, 4) is 0 Å². The molecule has 0 radical (unpaired) electrons. The van der Waals surface area contributed by atoms with Crippen LogP contribution < -0.4 is 5.32 Å². The molecule has 0 bridgehead atoms. The Morgan fingerprint density at radius 2 is 1.88 bits per heavy atom. The monoisotopic (exact) mass is 254 g/mol. The van der Waals surface area contributed by atoms with Crippen LogP contribution >= 0.6 is 23.7 Å². The van der Waals surface area contributed by atoms with Crippen molar-refractivity contribution in [1.29, 1.82) is 0 Å². The van der Waals surface area contributed by atoms with Crippen LogP contribution in [-0.4, -0.2) is 4.98 Å². The second kappa shape index (κ2) is 6.63. The minimum absolute atomic E-state index is 0. The fourth-order valence-corrected chi connectivity index (χ4v) is 2.27.